The maximum atomic E-state index is 12.2. The molecule has 0 aliphatic carbocycles. The number of aromatic nitrogens is 4. The number of nitrogens with zero attached hydrogens (tertiary/aromatic N) is 4. The summed E-state index contributed by atoms with van der Waals surface area (Å²) in [5, 5.41) is 12.7. The highest BCUT2D eigenvalue weighted by Gasteiger charge is 2.12. The van der Waals surface area contributed by atoms with Crippen LogP contribution in [0, 0.1) is 13.8 Å². The molecule has 8 heteroatoms. The number of benzene rings is 1. The summed E-state index contributed by atoms with van der Waals surface area (Å²) in [5.74, 6) is -0.259. The molecule has 2 heterocycles. The third-order valence-corrected chi connectivity index (χ3v) is 4.76. The molecule has 0 saturated heterocycles. The van der Waals surface area contributed by atoms with E-state index in [0.29, 0.717) is 29.0 Å². The van der Waals surface area contributed by atoms with Gasteiger partial charge in [-0.1, -0.05) is 41.4 Å². The van der Waals surface area contributed by atoms with Crippen LogP contribution in [0.4, 0.5) is 0 Å². The minimum Gasteiger partial charge on any atom is -0.347 e. The molecular formula is C17H17Cl2N5O. The molecule has 0 unspecified atom stereocenters. The largest absolute Gasteiger partial charge is 0.347 e. The van der Waals surface area contributed by atoms with Crippen molar-refractivity contribution in [1.82, 2.24) is 24.9 Å². The Balaban J connectivity index is 1.65. The predicted molar refractivity (Wildman–Crippen MR) is 97.0 cm³/mol. The lowest BCUT2D eigenvalue weighted by atomic mass is 10.2. The van der Waals surface area contributed by atoms with Crippen molar-refractivity contribution in [1.29, 1.82) is 0 Å². The van der Waals surface area contributed by atoms with Crippen molar-refractivity contribution >= 4 is 29.1 Å². The Bertz CT molecular complexity index is 916. The molecule has 1 N–H and O–H groups in total. The van der Waals surface area contributed by atoms with Crippen molar-refractivity contribution in [3.63, 3.8) is 0 Å². The molecule has 3 rings (SSSR count). The maximum absolute atomic E-state index is 12.2. The molecule has 0 bridgehead atoms. The second-order valence-electron chi connectivity index (χ2n) is 5.64. The summed E-state index contributed by atoms with van der Waals surface area (Å²) in [4.78, 5) is 12.2. The van der Waals surface area contributed by atoms with Gasteiger partial charge >= 0.3 is 0 Å². The number of halogens is 2. The van der Waals surface area contributed by atoms with E-state index in [9.17, 15) is 4.79 Å². The number of hydrogen-bond donors (Lipinski definition) is 1. The molecule has 130 valence electrons. The van der Waals surface area contributed by atoms with Gasteiger partial charge in [0.15, 0.2) is 0 Å². The molecular weight excluding hydrogens is 361 g/mol. The fourth-order valence-electron chi connectivity index (χ4n) is 2.42. The van der Waals surface area contributed by atoms with Crippen molar-refractivity contribution < 1.29 is 4.79 Å². The zero-order valence-electron chi connectivity index (χ0n) is 13.8. The van der Waals surface area contributed by atoms with Gasteiger partial charge in [-0.15, -0.1) is 0 Å². The van der Waals surface area contributed by atoms with Crippen LogP contribution in [0.3, 0.4) is 0 Å². The smallest absolute Gasteiger partial charge is 0.272 e. The summed E-state index contributed by atoms with van der Waals surface area (Å²) < 4.78 is 3.39. The lowest BCUT2D eigenvalue weighted by Gasteiger charge is -2.06. The second-order valence-corrected chi connectivity index (χ2v) is 6.43. The Morgan fingerprint density at radius 1 is 1.16 bits per heavy atom. The highest BCUT2D eigenvalue weighted by Crippen LogP contribution is 2.19. The lowest BCUT2D eigenvalue weighted by molar-refractivity contribution is 0.0945. The van der Waals surface area contributed by atoms with Crippen LogP contribution in [0.25, 0.3) is 0 Å². The van der Waals surface area contributed by atoms with Gasteiger partial charge in [-0.25, -0.2) is 4.68 Å². The van der Waals surface area contributed by atoms with Crippen LogP contribution in [0.1, 0.15) is 27.4 Å². The minimum absolute atomic E-state index is 0.259. The van der Waals surface area contributed by atoms with Crippen LogP contribution in [0.5, 0.6) is 0 Å². The molecule has 0 atom stereocenters. The summed E-state index contributed by atoms with van der Waals surface area (Å²) >= 11 is 12.2. The van der Waals surface area contributed by atoms with Gasteiger partial charge in [0, 0.05) is 17.8 Å². The molecule has 1 aromatic carbocycles. The van der Waals surface area contributed by atoms with Crippen LogP contribution in [-0.4, -0.2) is 25.5 Å². The summed E-state index contributed by atoms with van der Waals surface area (Å²) in [6, 6.07) is 9.04. The Morgan fingerprint density at radius 2 is 1.92 bits per heavy atom. The van der Waals surface area contributed by atoms with Crippen LogP contribution in [-0.2, 0) is 13.2 Å². The summed E-state index contributed by atoms with van der Waals surface area (Å²) in [7, 11) is 0. The van der Waals surface area contributed by atoms with Gasteiger partial charge in [0.25, 0.3) is 5.91 Å². The molecule has 2 aromatic heterocycles. The van der Waals surface area contributed by atoms with Crippen LogP contribution >= 0.6 is 23.2 Å². The zero-order valence-corrected chi connectivity index (χ0v) is 15.3. The fraction of sp³-hybridized carbons (Fsp3) is 0.235. The van der Waals surface area contributed by atoms with Crippen LogP contribution < -0.4 is 5.32 Å². The Labute approximate surface area is 155 Å². The number of nitrogens with one attached hydrogen (secondary N) is 1. The van der Waals surface area contributed by atoms with E-state index in [1.54, 1.807) is 27.7 Å². The number of hydrogen-bond acceptors (Lipinski definition) is 3. The van der Waals surface area contributed by atoms with Gasteiger partial charge in [0.05, 0.1) is 16.4 Å². The predicted octanol–water partition coefficient (Wildman–Crippen LogP) is 3.44. The zero-order chi connectivity index (χ0) is 18.0. The van der Waals surface area contributed by atoms with E-state index < -0.39 is 0 Å². The second kappa shape index (κ2) is 7.29. The van der Waals surface area contributed by atoms with Crippen LogP contribution in [0.2, 0.25) is 10.0 Å². The molecule has 6 nitrogen and oxygen atoms in total. The van der Waals surface area contributed by atoms with Gasteiger partial charge in [-0.3, -0.25) is 9.48 Å². The molecule has 0 radical (unpaired) electrons. The third kappa shape index (κ3) is 3.86. The quantitative estimate of drug-likeness (QED) is 0.740. The number of amides is 1. The molecule has 0 spiro atoms. The highest BCUT2D eigenvalue weighted by atomic mass is 35.5. The SMILES string of the molecule is Cc1nn(Cn2ccc(C(=O)NCc3ccccc3Cl)n2)c(C)c1Cl. The Hall–Kier alpha value is -2.31. The van der Waals surface area contributed by atoms with E-state index in [1.165, 1.54) is 0 Å². The third-order valence-electron chi connectivity index (χ3n) is 3.84. The lowest BCUT2D eigenvalue weighted by Crippen LogP contribution is -2.24. The molecule has 0 aliphatic heterocycles. The number of aryl methyl sites for hydroxylation is 1. The monoisotopic (exact) mass is 377 g/mol. The van der Waals surface area contributed by atoms with Gasteiger partial charge in [0.2, 0.25) is 0 Å². The molecule has 0 saturated carbocycles. The molecule has 0 fully saturated rings. The van der Waals surface area contributed by atoms with Gasteiger partial charge in [-0.2, -0.15) is 10.2 Å². The first-order valence-corrected chi connectivity index (χ1v) is 8.46. The Kier molecular flexibility index (Phi) is 5.11. The highest BCUT2D eigenvalue weighted by molar-refractivity contribution is 6.32. The maximum Gasteiger partial charge on any atom is 0.272 e. The van der Waals surface area contributed by atoms with Gasteiger partial charge < -0.3 is 5.32 Å². The average Bonchev–Trinajstić information content (AvgIpc) is 3.15. The molecule has 1 amide bonds. The fourth-order valence-corrected chi connectivity index (χ4v) is 2.76. The molecule has 3 aromatic rings. The number of carbonyl (C=O) groups is 1. The summed E-state index contributed by atoms with van der Waals surface area (Å²) in [5.41, 5.74) is 2.82. The normalized spacial score (nSPS) is 10.9. The molecule has 25 heavy (non-hydrogen) atoms. The van der Waals surface area contributed by atoms with E-state index in [1.807, 2.05) is 32.0 Å². The number of rotatable bonds is 5. The topological polar surface area (TPSA) is 64.7 Å². The van der Waals surface area contributed by atoms with Gasteiger partial charge in [-0.05, 0) is 31.5 Å². The van der Waals surface area contributed by atoms with Crippen molar-refractivity contribution in [3.05, 3.63) is 69.2 Å². The van der Waals surface area contributed by atoms with Crippen molar-refractivity contribution in [2.45, 2.75) is 27.1 Å². The van der Waals surface area contributed by atoms with E-state index in [4.69, 9.17) is 23.2 Å². The van der Waals surface area contributed by atoms with E-state index in [0.717, 1.165) is 17.0 Å². The van der Waals surface area contributed by atoms with Crippen molar-refractivity contribution in [2.24, 2.45) is 0 Å². The minimum atomic E-state index is -0.259. The first-order valence-electron chi connectivity index (χ1n) is 7.70. The standard InChI is InChI=1S/C17H17Cl2N5O/c1-11-16(19)12(2)24(21-11)10-23-8-7-15(22-23)17(25)20-9-13-5-3-4-6-14(13)18/h3-8H,9-10H2,1-2H3,(H,20,25). The first-order chi connectivity index (χ1) is 12.0. The van der Waals surface area contributed by atoms with E-state index >= 15 is 0 Å². The van der Waals surface area contributed by atoms with Gasteiger partial charge in [0.1, 0.15) is 12.4 Å². The van der Waals surface area contributed by atoms with Crippen molar-refractivity contribution in [3.8, 4) is 0 Å². The summed E-state index contributed by atoms with van der Waals surface area (Å²) in [6.45, 7) is 4.47. The van der Waals surface area contributed by atoms with E-state index in [2.05, 4.69) is 15.5 Å². The first kappa shape index (κ1) is 17.5. The van der Waals surface area contributed by atoms with Crippen molar-refractivity contribution in [2.75, 3.05) is 0 Å². The van der Waals surface area contributed by atoms with Crippen LogP contribution in [0.15, 0.2) is 36.5 Å². The Morgan fingerprint density at radius 3 is 2.60 bits per heavy atom. The average molecular weight is 378 g/mol. The number of carbonyl (C=O) groups excluding carboxylic acids is 1. The summed E-state index contributed by atoms with van der Waals surface area (Å²) in [6.07, 6.45) is 1.73. The molecule has 0 aliphatic rings. The van der Waals surface area contributed by atoms with E-state index in [-0.39, 0.29) is 5.91 Å².